The zero-order valence-electron chi connectivity index (χ0n) is 16.9. The van der Waals surface area contributed by atoms with E-state index >= 15 is 0 Å². The molecule has 160 valence electrons. The summed E-state index contributed by atoms with van der Waals surface area (Å²) in [7, 11) is 1.36. The molecule has 8 heteroatoms. The van der Waals surface area contributed by atoms with Gasteiger partial charge in [0.1, 0.15) is 28.8 Å². The quantitative estimate of drug-likeness (QED) is 0.588. The Hall–Kier alpha value is -3.81. The summed E-state index contributed by atoms with van der Waals surface area (Å²) in [5.41, 5.74) is 1.54. The molecule has 1 aromatic heterocycles. The van der Waals surface area contributed by atoms with E-state index in [0.717, 1.165) is 11.6 Å². The minimum Gasteiger partial charge on any atom is -0.494 e. The van der Waals surface area contributed by atoms with Crippen LogP contribution in [-0.4, -0.2) is 29.1 Å². The maximum atomic E-state index is 14.3. The van der Waals surface area contributed by atoms with E-state index < -0.39 is 29.6 Å². The molecule has 0 saturated heterocycles. The summed E-state index contributed by atoms with van der Waals surface area (Å²) in [5, 5.41) is 11.9. The molecule has 0 aliphatic heterocycles. The van der Waals surface area contributed by atoms with Gasteiger partial charge in [-0.1, -0.05) is 29.8 Å². The molecule has 2 aromatic carbocycles. The number of hydrogen-bond acceptors (Lipinski definition) is 4. The van der Waals surface area contributed by atoms with Crippen molar-refractivity contribution in [2.24, 2.45) is 0 Å². The zero-order chi connectivity index (χ0) is 22.5. The van der Waals surface area contributed by atoms with Crippen LogP contribution in [0.25, 0.3) is 11.3 Å². The Morgan fingerprint density at radius 1 is 1.10 bits per heavy atom. The monoisotopic (exact) mass is 426 g/mol. The van der Waals surface area contributed by atoms with Crippen LogP contribution in [0.4, 0.5) is 8.78 Å². The first-order valence-electron chi connectivity index (χ1n) is 9.38. The molecular formula is C23H20F2N2O4. The van der Waals surface area contributed by atoms with Crippen molar-refractivity contribution in [3.8, 4) is 17.0 Å². The van der Waals surface area contributed by atoms with Crippen LogP contribution in [0, 0.1) is 18.6 Å². The number of aromatic nitrogens is 1. The molecule has 6 nitrogen and oxygen atoms in total. The zero-order valence-corrected chi connectivity index (χ0v) is 16.9. The summed E-state index contributed by atoms with van der Waals surface area (Å²) in [6.45, 7) is 1.89. The van der Waals surface area contributed by atoms with Crippen LogP contribution in [0.5, 0.6) is 5.75 Å². The van der Waals surface area contributed by atoms with Crippen LogP contribution in [0.15, 0.2) is 54.6 Å². The topological polar surface area (TPSA) is 88.5 Å². The van der Waals surface area contributed by atoms with Crippen LogP contribution in [-0.2, 0) is 4.79 Å². The third-order valence-corrected chi connectivity index (χ3v) is 4.66. The van der Waals surface area contributed by atoms with Gasteiger partial charge in [0.2, 0.25) is 0 Å². The Kier molecular flexibility index (Phi) is 6.59. The highest BCUT2D eigenvalue weighted by Crippen LogP contribution is 2.30. The number of carboxylic acid groups (broad SMARTS) is 1. The summed E-state index contributed by atoms with van der Waals surface area (Å²) < 4.78 is 32.8. The van der Waals surface area contributed by atoms with E-state index in [1.54, 1.807) is 12.1 Å². The Morgan fingerprint density at radius 2 is 1.81 bits per heavy atom. The number of aliphatic carboxylic acids is 1. The third kappa shape index (κ3) is 5.22. The van der Waals surface area contributed by atoms with E-state index in [9.17, 15) is 23.5 Å². The summed E-state index contributed by atoms with van der Waals surface area (Å²) in [4.78, 5) is 28.3. The van der Waals surface area contributed by atoms with E-state index in [1.165, 1.54) is 25.3 Å². The Balaban J connectivity index is 1.94. The molecule has 0 aliphatic rings. The fraction of sp³-hybridized carbons (Fsp3) is 0.174. The largest absolute Gasteiger partial charge is 0.494 e. The average molecular weight is 426 g/mol. The van der Waals surface area contributed by atoms with Gasteiger partial charge in [-0.15, -0.1) is 0 Å². The SMILES string of the molecule is COc1ccc(C(=O)N[C@@H](CC(=O)O)c2ccc(C)cc2)nc1-c1ccc(F)cc1F. The molecule has 2 N–H and O–H groups in total. The predicted molar refractivity (Wildman–Crippen MR) is 110 cm³/mol. The fourth-order valence-corrected chi connectivity index (χ4v) is 3.07. The van der Waals surface area contributed by atoms with Gasteiger partial charge in [-0.3, -0.25) is 9.59 Å². The molecule has 1 heterocycles. The number of hydrogen-bond donors (Lipinski definition) is 2. The minimum absolute atomic E-state index is 0.0257. The number of carbonyl (C=O) groups is 2. The van der Waals surface area contributed by atoms with Gasteiger partial charge in [0, 0.05) is 11.6 Å². The van der Waals surface area contributed by atoms with E-state index in [2.05, 4.69) is 10.3 Å². The fourth-order valence-electron chi connectivity index (χ4n) is 3.07. The standard InChI is InChI=1S/C23H20F2N2O4/c1-13-3-5-14(6-4-13)19(12-21(28)29)27-23(30)18-9-10-20(31-2)22(26-18)16-8-7-15(24)11-17(16)25/h3-11,19H,12H2,1-2H3,(H,27,30)(H,28,29)/t19-/m0/s1. The highest BCUT2D eigenvalue weighted by Gasteiger charge is 2.22. The van der Waals surface area contributed by atoms with Crippen LogP contribution in [0.3, 0.4) is 0 Å². The average Bonchev–Trinajstić information content (AvgIpc) is 2.73. The first-order valence-corrected chi connectivity index (χ1v) is 9.38. The van der Waals surface area contributed by atoms with Gasteiger partial charge in [-0.25, -0.2) is 13.8 Å². The molecule has 3 rings (SSSR count). The van der Waals surface area contributed by atoms with Crippen molar-refractivity contribution in [1.82, 2.24) is 10.3 Å². The molecule has 0 spiro atoms. The van der Waals surface area contributed by atoms with Crippen molar-refractivity contribution in [3.05, 3.63) is 83.1 Å². The summed E-state index contributed by atoms with van der Waals surface area (Å²) in [6, 6.07) is 12.1. The number of carbonyl (C=O) groups excluding carboxylic acids is 1. The van der Waals surface area contributed by atoms with Crippen LogP contribution < -0.4 is 10.1 Å². The number of benzene rings is 2. The maximum Gasteiger partial charge on any atom is 0.305 e. The molecule has 3 aromatic rings. The van der Waals surface area contributed by atoms with Crippen molar-refractivity contribution in [1.29, 1.82) is 0 Å². The Bertz CT molecular complexity index is 1120. The van der Waals surface area contributed by atoms with Crippen molar-refractivity contribution >= 4 is 11.9 Å². The van der Waals surface area contributed by atoms with Gasteiger partial charge in [0.05, 0.1) is 19.6 Å². The number of ether oxygens (including phenoxy) is 1. The summed E-state index contributed by atoms with van der Waals surface area (Å²) in [5.74, 6) is -3.13. The second-order valence-corrected chi connectivity index (χ2v) is 6.91. The summed E-state index contributed by atoms with van der Waals surface area (Å²) >= 11 is 0. The lowest BCUT2D eigenvalue weighted by Crippen LogP contribution is -2.31. The number of carboxylic acids is 1. The van der Waals surface area contributed by atoms with E-state index in [0.29, 0.717) is 11.6 Å². The van der Waals surface area contributed by atoms with Gasteiger partial charge in [-0.05, 0) is 36.8 Å². The van der Waals surface area contributed by atoms with Crippen LogP contribution in [0.1, 0.15) is 34.1 Å². The molecule has 1 amide bonds. The maximum absolute atomic E-state index is 14.3. The predicted octanol–water partition coefficient (Wildman–Crippen LogP) is 4.29. The molecule has 0 radical (unpaired) electrons. The lowest BCUT2D eigenvalue weighted by molar-refractivity contribution is -0.137. The molecule has 31 heavy (non-hydrogen) atoms. The third-order valence-electron chi connectivity index (χ3n) is 4.66. The lowest BCUT2D eigenvalue weighted by Gasteiger charge is -2.18. The smallest absolute Gasteiger partial charge is 0.305 e. The van der Waals surface area contributed by atoms with Gasteiger partial charge in [0.25, 0.3) is 5.91 Å². The number of aryl methyl sites for hydroxylation is 1. The normalized spacial score (nSPS) is 11.6. The van der Waals surface area contributed by atoms with Gasteiger partial charge in [0.15, 0.2) is 0 Å². The molecule has 0 fully saturated rings. The Morgan fingerprint density at radius 3 is 2.42 bits per heavy atom. The van der Waals surface area contributed by atoms with Gasteiger partial charge >= 0.3 is 5.97 Å². The van der Waals surface area contributed by atoms with Crippen molar-refractivity contribution in [3.63, 3.8) is 0 Å². The number of amides is 1. The van der Waals surface area contributed by atoms with Gasteiger partial charge < -0.3 is 15.2 Å². The Labute approximate surface area is 177 Å². The highest BCUT2D eigenvalue weighted by atomic mass is 19.1. The minimum atomic E-state index is -1.08. The number of nitrogens with zero attached hydrogens (tertiary/aromatic N) is 1. The number of rotatable bonds is 7. The van der Waals surface area contributed by atoms with Crippen molar-refractivity contribution in [2.45, 2.75) is 19.4 Å². The van der Waals surface area contributed by atoms with Crippen LogP contribution >= 0.6 is 0 Å². The molecule has 0 saturated carbocycles. The van der Waals surface area contributed by atoms with E-state index in [4.69, 9.17) is 4.74 Å². The van der Waals surface area contributed by atoms with Gasteiger partial charge in [-0.2, -0.15) is 0 Å². The summed E-state index contributed by atoms with van der Waals surface area (Å²) in [6.07, 6.45) is -0.329. The first-order chi connectivity index (χ1) is 14.8. The van der Waals surface area contributed by atoms with Crippen molar-refractivity contribution < 1.29 is 28.2 Å². The second kappa shape index (κ2) is 9.34. The lowest BCUT2D eigenvalue weighted by atomic mass is 10.0. The number of halogens is 2. The number of methoxy groups -OCH3 is 1. The van der Waals surface area contributed by atoms with Crippen molar-refractivity contribution in [2.75, 3.05) is 7.11 Å². The number of pyridine rings is 1. The molecule has 1 atom stereocenters. The number of nitrogens with one attached hydrogen (secondary N) is 1. The highest BCUT2D eigenvalue weighted by molar-refractivity contribution is 5.93. The molecule has 0 unspecified atom stereocenters. The molecule has 0 aliphatic carbocycles. The van der Waals surface area contributed by atoms with E-state index in [1.807, 2.05) is 19.1 Å². The molecule has 0 bridgehead atoms. The first kappa shape index (κ1) is 21.9. The van der Waals surface area contributed by atoms with E-state index in [-0.39, 0.29) is 29.1 Å². The second-order valence-electron chi connectivity index (χ2n) is 6.91. The van der Waals surface area contributed by atoms with Crippen LogP contribution in [0.2, 0.25) is 0 Å². The molecular weight excluding hydrogens is 406 g/mol.